The number of aryl methyl sites for hydroxylation is 2. The summed E-state index contributed by atoms with van der Waals surface area (Å²) in [5.41, 5.74) is 5.24. The minimum absolute atomic E-state index is 0.0890. The molecule has 0 amide bonds. The summed E-state index contributed by atoms with van der Waals surface area (Å²) in [6.45, 7) is 4.36. The third-order valence-electron chi connectivity index (χ3n) is 5.90. The second-order valence-corrected chi connectivity index (χ2v) is 16.1. The van der Waals surface area contributed by atoms with Gasteiger partial charge in [-0.3, -0.25) is 0 Å². The molecule has 0 radical (unpaired) electrons. The highest BCUT2D eigenvalue weighted by Crippen LogP contribution is 2.68. The third kappa shape index (κ3) is 4.25. The number of benzene rings is 2. The van der Waals surface area contributed by atoms with Gasteiger partial charge in [0.05, 0.1) is 13.1 Å². The van der Waals surface area contributed by atoms with Gasteiger partial charge in [0, 0.05) is 16.2 Å². The van der Waals surface area contributed by atoms with Gasteiger partial charge in [0.15, 0.2) is 0 Å². The van der Waals surface area contributed by atoms with Crippen molar-refractivity contribution in [3.63, 3.8) is 0 Å². The van der Waals surface area contributed by atoms with Crippen LogP contribution in [0, 0.1) is 13.8 Å². The highest BCUT2D eigenvalue weighted by Gasteiger charge is 2.66. The predicted molar refractivity (Wildman–Crippen MR) is 137 cm³/mol. The molecule has 2 aliphatic rings. The molecule has 2 unspecified atom stereocenters. The van der Waals surface area contributed by atoms with E-state index in [4.69, 9.17) is 0 Å². The second kappa shape index (κ2) is 8.38. The zero-order chi connectivity index (χ0) is 20.8. The maximum atomic E-state index is 9.45. The quantitative estimate of drug-likeness (QED) is 0.325. The molecule has 2 aromatic rings. The highest BCUT2D eigenvalue weighted by molar-refractivity contribution is 9.26. The Labute approximate surface area is 209 Å². The molecule has 0 aromatic heterocycles. The molecule has 1 N–H and O–H groups in total. The van der Waals surface area contributed by atoms with E-state index in [1.807, 2.05) is 0 Å². The highest BCUT2D eigenvalue weighted by atomic mass is 79.9. The van der Waals surface area contributed by atoms with E-state index >= 15 is 0 Å². The average molecular weight is 703 g/mol. The number of hydrogen-bond acceptors (Lipinski definition) is 1. The average Bonchev–Trinajstić information content (AvgIpc) is 3.45. The van der Waals surface area contributed by atoms with Crippen LogP contribution in [0.5, 0.6) is 0 Å². The lowest BCUT2D eigenvalue weighted by Gasteiger charge is -2.16. The molecule has 2 atom stereocenters. The van der Waals surface area contributed by atoms with Crippen LogP contribution < -0.4 is 0 Å². The Kier molecular flexibility index (Phi) is 7.03. The second-order valence-electron chi connectivity index (χ2n) is 7.95. The molecular weight excluding hydrogens is 680 g/mol. The van der Waals surface area contributed by atoms with Crippen molar-refractivity contribution >= 4 is 79.6 Å². The Morgan fingerprint density at radius 2 is 1.04 bits per heavy atom. The van der Waals surface area contributed by atoms with E-state index in [2.05, 4.69) is 142 Å². The Balaban J connectivity index is 0.000000161. The fourth-order valence-electron chi connectivity index (χ4n) is 3.53. The van der Waals surface area contributed by atoms with Gasteiger partial charge in [0.25, 0.3) is 0 Å². The van der Waals surface area contributed by atoms with Crippen LogP contribution in [0.2, 0.25) is 0 Å². The van der Waals surface area contributed by atoms with Crippen molar-refractivity contribution in [3.8, 4) is 0 Å². The minimum atomic E-state index is -0.138. The van der Waals surface area contributed by atoms with Crippen molar-refractivity contribution in [2.45, 2.75) is 44.0 Å². The summed E-state index contributed by atoms with van der Waals surface area (Å²) in [4.78, 5) is 0. The number of aliphatic hydroxyl groups excluding tert-OH is 1. The number of halogens is 5. The summed E-state index contributed by atoms with van der Waals surface area (Å²) in [7, 11) is 0. The van der Waals surface area contributed by atoms with E-state index in [9.17, 15) is 5.11 Å². The molecule has 2 saturated carbocycles. The van der Waals surface area contributed by atoms with Crippen LogP contribution in [0.15, 0.2) is 48.5 Å². The molecule has 0 aliphatic heterocycles. The van der Waals surface area contributed by atoms with E-state index in [0.717, 1.165) is 18.2 Å². The van der Waals surface area contributed by atoms with Gasteiger partial charge in [-0.05, 0) is 37.8 Å². The molecule has 0 saturated heterocycles. The van der Waals surface area contributed by atoms with Gasteiger partial charge >= 0.3 is 0 Å². The molecule has 1 nitrogen and oxygen atoms in total. The van der Waals surface area contributed by atoms with Crippen LogP contribution >= 0.6 is 79.6 Å². The van der Waals surface area contributed by atoms with E-state index in [0.29, 0.717) is 0 Å². The molecule has 2 aromatic carbocycles. The van der Waals surface area contributed by atoms with E-state index in [1.165, 1.54) is 22.3 Å². The van der Waals surface area contributed by atoms with Crippen LogP contribution in [-0.2, 0) is 10.8 Å². The zero-order valence-corrected chi connectivity index (χ0v) is 23.7. The number of hydrogen-bond donors (Lipinski definition) is 1. The van der Waals surface area contributed by atoms with Crippen molar-refractivity contribution in [2.24, 2.45) is 0 Å². The van der Waals surface area contributed by atoms with Crippen molar-refractivity contribution in [1.82, 2.24) is 0 Å². The number of rotatable bonds is 4. The Morgan fingerprint density at radius 1 is 0.714 bits per heavy atom. The van der Waals surface area contributed by atoms with Crippen LogP contribution in [0.1, 0.15) is 35.1 Å². The summed E-state index contributed by atoms with van der Waals surface area (Å²) in [5.74, 6) is 0. The third-order valence-corrected chi connectivity index (χ3v) is 11.0. The molecule has 28 heavy (non-hydrogen) atoms. The van der Waals surface area contributed by atoms with Gasteiger partial charge in [0.1, 0.15) is 0 Å². The summed E-state index contributed by atoms with van der Waals surface area (Å²) in [6.07, 6.45) is 2.06. The molecule has 4 rings (SSSR count). The lowest BCUT2D eigenvalue weighted by Crippen LogP contribution is -2.19. The Hall–Kier alpha value is 0.800. The molecule has 0 heterocycles. The van der Waals surface area contributed by atoms with E-state index < -0.39 is 0 Å². The minimum Gasteiger partial charge on any atom is -0.395 e. The first kappa shape index (κ1) is 23.5. The summed E-state index contributed by atoms with van der Waals surface area (Å²) in [6, 6.07) is 17.2. The summed E-state index contributed by atoms with van der Waals surface area (Å²) in [5, 5.41) is 10.4. The van der Waals surface area contributed by atoms with Gasteiger partial charge in [-0.15, -0.1) is 0 Å². The van der Waals surface area contributed by atoms with E-state index in [1.54, 1.807) is 0 Å². The van der Waals surface area contributed by atoms with Gasteiger partial charge in [-0.25, -0.2) is 0 Å². The maximum absolute atomic E-state index is 9.45. The van der Waals surface area contributed by atoms with Gasteiger partial charge in [-0.2, -0.15) is 0 Å². The van der Waals surface area contributed by atoms with Crippen molar-refractivity contribution in [1.29, 1.82) is 0 Å². The normalized spacial score (nSPS) is 28.9. The smallest absolute Gasteiger partial charge is 0.0934 e. The van der Waals surface area contributed by atoms with Crippen LogP contribution in [0.4, 0.5) is 0 Å². The van der Waals surface area contributed by atoms with Gasteiger partial charge in [0.2, 0.25) is 0 Å². The monoisotopic (exact) mass is 698 g/mol. The molecule has 152 valence electrons. The predicted octanol–water partition coefficient (Wildman–Crippen LogP) is 7.63. The summed E-state index contributed by atoms with van der Waals surface area (Å²) < 4.78 is -0.0250. The topological polar surface area (TPSA) is 20.2 Å². The first-order chi connectivity index (χ1) is 13.0. The standard InChI is InChI=1S/C11H11Br3.C11H12Br2O/c1-8-2-4-9(5-3-8)10(7-12)6-11(10,13)14;1-8-2-4-9(5-3-8)10(7-14)6-11(10,12)13/h2-5H,6-7H2,1H3;2-5,14H,6-7H2,1H3. The fourth-order valence-corrected chi connectivity index (χ4v) is 8.64. The van der Waals surface area contributed by atoms with Gasteiger partial charge < -0.3 is 5.11 Å². The first-order valence-corrected chi connectivity index (χ1v) is 13.4. The van der Waals surface area contributed by atoms with Crippen LogP contribution in [0.3, 0.4) is 0 Å². The lowest BCUT2D eigenvalue weighted by molar-refractivity contribution is 0.255. The van der Waals surface area contributed by atoms with Crippen LogP contribution in [-0.4, -0.2) is 23.5 Å². The Morgan fingerprint density at radius 3 is 1.29 bits per heavy atom. The molecule has 0 spiro atoms. The van der Waals surface area contributed by atoms with Gasteiger partial charge in [-0.1, -0.05) is 139 Å². The SMILES string of the molecule is Cc1ccc(C2(CBr)CC2(Br)Br)cc1.Cc1ccc(C2(CO)CC2(Br)Br)cc1. The molecule has 6 heteroatoms. The maximum Gasteiger partial charge on any atom is 0.0934 e. The molecule has 0 bridgehead atoms. The fraction of sp³-hybridized carbons (Fsp3) is 0.455. The number of aliphatic hydroxyl groups is 1. The molecule has 2 fully saturated rings. The first-order valence-electron chi connectivity index (χ1n) is 9.10. The van der Waals surface area contributed by atoms with Crippen molar-refractivity contribution in [2.75, 3.05) is 11.9 Å². The van der Waals surface area contributed by atoms with Crippen LogP contribution in [0.25, 0.3) is 0 Å². The Bertz CT molecular complexity index is 760. The lowest BCUT2D eigenvalue weighted by atomic mass is 9.96. The van der Waals surface area contributed by atoms with E-state index in [-0.39, 0.29) is 23.9 Å². The van der Waals surface area contributed by atoms with Crippen molar-refractivity contribution in [3.05, 3.63) is 70.8 Å². The summed E-state index contributed by atoms with van der Waals surface area (Å²) >= 11 is 18.2. The largest absolute Gasteiger partial charge is 0.395 e. The zero-order valence-electron chi connectivity index (χ0n) is 15.8. The molecule has 2 aliphatic carbocycles. The number of alkyl halides is 5. The van der Waals surface area contributed by atoms with Crippen molar-refractivity contribution < 1.29 is 5.11 Å². The molecular formula is C22H23Br5O.